The molecule has 1 aliphatic rings. The van der Waals surface area contributed by atoms with E-state index in [4.69, 9.17) is 9.84 Å². The van der Waals surface area contributed by atoms with E-state index in [2.05, 4.69) is 30.0 Å². The molecule has 0 aliphatic carbocycles. The van der Waals surface area contributed by atoms with Crippen molar-refractivity contribution in [2.75, 3.05) is 31.2 Å². The van der Waals surface area contributed by atoms with Crippen molar-refractivity contribution in [2.24, 2.45) is 0 Å². The highest BCUT2D eigenvalue weighted by molar-refractivity contribution is 5.83. The first kappa shape index (κ1) is 22.1. The number of aromatic amines is 1. The lowest BCUT2D eigenvalue weighted by Gasteiger charge is -2.28. The predicted octanol–water partition coefficient (Wildman–Crippen LogP) is 2.77. The van der Waals surface area contributed by atoms with Crippen LogP contribution in [0.4, 0.5) is 5.82 Å². The molecule has 1 fully saturated rings. The molecule has 1 saturated heterocycles. The first-order valence-electron chi connectivity index (χ1n) is 11.8. The molecule has 4 aromatic heterocycles. The molecule has 1 aliphatic heterocycles. The molecule has 6 rings (SSSR count). The zero-order valence-electron chi connectivity index (χ0n) is 19.5. The number of carbonyl (C=O) groups is 1. The number of anilines is 1. The topological polar surface area (TPSA) is 114 Å². The summed E-state index contributed by atoms with van der Waals surface area (Å²) in [5, 5.41) is 12.0. The lowest BCUT2D eigenvalue weighted by molar-refractivity contribution is -0.117. The molecule has 1 N–H and O–H groups in total. The fraction of sp³-hybridized carbons (Fsp3) is 0.231. The summed E-state index contributed by atoms with van der Waals surface area (Å²) in [6, 6.07) is 15.4. The Balaban J connectivity index is 1.14. The third-order valence-electron chi connectivity index (χ3n) is 6.15. The molecule has 5 aromatic rings. The van der Waals surface area contributed by atoms with Crippen LogP contribution in [0.5, 0.6) is 0 Å². The average molecular weight is 481 g/mol. The molecule has 1 aromatic carbocycles. The predicted molar refractivity (Wildman–Crippen MR) is 133 cm³/mol. The summed E-state index contributed by atoms with van der Waals surface area (Å²) >= 11 is 0. The molecule has 0 unspecified atom stereocenters. The van der Waals surface area contributed by atoms with Crippen molar-refractivity contribution in [2.45, 2.75) is 12.8 Å². The molecule has 10 heteroatoms. The molecule has 0 amide bonds. The van der Waals surface area contributed by atoms with E-state index < -0.39 is 0 Å². The molecule has 10 nitrogen and oxygen atoms in total. The van der Waals surface area contributed by atoms with Crippen molar-refractivity contribution < 1.29 is 9.53 Å². The summed E-state index contributed by atoms with van der Waals surface area (Å²) in [4.78, 5) is 28.0. The number of ketones is 1. The highest BCUT2D eigenvalue weighted by Crippen LogP contribution is 2.21. The molecule has 0 bridgehead atoms. The monoisotopic (exact) mass is 480 g/mol. The number of carbonyl (C=O) groups excluding carboxylic acids is 1. The van der Waals surface area contributed by atoms with Gasteiger partial charge in [-0.3, -0.25) is 14.9 Å². The Kier molecular flexibility index (Phi) is 5.92. The average Bonchev–Trinajstić information content (AvgIpc) is 3.57. The van der Waals surface area contributed by atoms with E-state index in [1.54, 1.807) is 23.1 Å². The number of morpholine rings is 1. The number of rotatable bonds is 7. The third-order valence-corrected chi connectivity index (χ3v) is 6.15. The summed E-state index contributed by atoms with van der Waals surface area (Å²) in [6.07, 6.45) is 5.85. The molecule has 0 spiro atoms. The number of ether oxygens (including phenoxy) is 1. The second-order valence-corrected chi connectivity index (χ2v) is 8.66. The fourth-order valence-corrected chi connectivity index (χ4v) is 4.33. The number of H-pyrrole nitrogens is 1. The van der Waals surface area contributed by atoms with Gasteiger partial charge in [-0.2, -0.15) is 14.6 Å². The van der Waals surface area contributed by atoms with Crippen LogP contribution in [-0.2, 0) is 22.4 Å². The first-order chi connectivity index (χ1) is 17.7. The Morgan fingerprint density at radius 2 is 1.86 bits per heavy atom. The minimum atomic E-state index is 0.106. The number of fused-ring (bicyclic) bond motifs is 1. The number of nitrogens with one attached hydrogen (secondary N) is 1. The smallest absolute Gasteiger partial charge is 0.254 e. The minimum absolute atomic E-state index is 0.106. The molecular formula is C26H24N8O2. The van der Waals surface area contributed by atoms with E-state index in [9.17, 15) is 4.79 Å². The minimum Gasteiger partial charge on any atom is -0.378 e. The number of Topliss-reactive ketones (excluding diaryl/α,β-unsaturated/α-hetero) is 1. The normalized spacial score (nSPS) is 13.8. The van der Waals surface area contributed by atoms with Crippen LogP contribution in [0.15, 0.2) is 67.1 Å². The van der Waals surface area contributed by atoms with E-state index in [1.165, 1.54) is 0 Å². The zero-order chi connectivity index (χ0) is 24.3. The van der Waals surface area contributed by atoms with E-state index in [1.807, 2.05) is 48.5 Å². The number of pyridine rings is 1. The van der Waals surface area contributed by atoms with Gasteiger partial charge in [0, 0.05) is 61.3 Å². The third kappa shape index (κ3) is 4.58. The maximum Gasteiger partial charge on any atom is 0.254 e. The van der Waals surface area contributed by atoms with Crippen molar-refractivity contribution in [3.8, 4) is 22.6 Å². The van der Waals surface area contributed by atoms with Crippen molar-refractivity contribution in [1.29, 1.82) is 0 Å². The Hall–Kier alpha value is -4.44. The summed E-state index contributed by atoms with van der Waals surface area (Å²) in [5.41, 5.74) is 4.29. The first-order valence-corrected chi connectivity index (χ1v) is 11.8. The summed E-state index contributed by atoms with van der Waals surface area (Å²) < 4.78 is 7.25. The maximum absolute atomic E-state index is 12.7. The molecule has 36 heavy (non-hydrogen) atoms. The highest BCUT2D eigenvalue weighted by atomic mass is 16.5. The van der Waals surface area contributed by atoms with Crippen molar-refractivity contribution >= 4 is 17.4 Å². The van der Waals surface area contributed by atoms with Crippen molar-refractivity contribution in [3.63, 3.8) is 0 Å². The van der Waals surface area contributed by atoms with Gasteiger partial charge in [0.15, 0.2) is 5.82 Å². The number of nitrogens with zero attached hydrogens (tertiary/aromatic N) is 7. The van der Waals surface area contributed by atoms with Gasteiger partial charge in [0.05, 0.1) is 18.9 Å². The van der Waals surface area contributed by atoms with Crippen LogP contribution in [0.1, 0.15) is 11.3 Å². The van der Waals surface area contributed by atoms with Crippen LogP contribution in [0.2, 0.25) is 0 Å². The van der Waals surface area contributed by atoms with Gasteiger partial charge in [-0.05, 0) is 29.8 Å². The van der Waals surface area contributed by atoms with Gasteiger partial charge in [0.2, 0.25) is 0 Å². The zero-order valence-corrected chi connectivity index (χ0v) is 19.5. The molecule has 0 saturated carbocycles. The summed E-state index contributed by atoms with van der Waals surface area (Å²) in [6.45, 7) is 3.00. The number of benzene rings is 1. The molecular weight excluding hydrogens is 456 g/mol. The fourth-order valence-electron chi connectivity index (χ4n) is 4.33. The number of aromatic nitrogens is 7. The van der Waals surface area contributed by atoms with Gasteiger partial charge in [-0.1, -0.05) is 24.3 Å². The van der Waals surface area contributed by atoms with Crippen LogP contribution in [0, 0.1) is 0 Å². The van der Waals surface area contributed by atoms with Crippen LogP contribution >= 0.6 is 0 Å². The van der Waals surface area contributed by atoms with E-state index >= 15 is 0 Å². The molecule has 5 heterocycles. The van der Waals surface area contributed by atoms with Gasteiger partial charge < -0.3 is 9.64 Å². The molecule has 180 valence electrons. The van der Waals surface area contributed by atoms with Gasteiger partial charge in [-0.15, -0.1) is 5.10 Å². The summed E-state index contributed by atoms with van der Waals surface area (Å²) in [5.74, 6) is 2.21. The summed E-state index contributed by atoms with van der Waals surface area (Å²) in [7, 11) is 0. The number of hydrogen-bond acceptors (Lipinski definition) is 8. The Labute approximate surface area is 207 Å². The van der Waals surface area contributed by atoms with Crippen LogP contribution < -0.4 is 4.90 Å². The van der Waals surface area contributed by atoms with Crippen LogP contribution in [0.3, 0.4) is 0 Å². The lowest BCUT2D eigenvalue weighted by atomic mass is 10.0. The quantitative estimate of drug-likeness (QED) is 0.378. The Bertz CT molecular complexity index is 1490. The largest absolute Gasteiger partial charge is 0.378 e. The molecule has 0 radical (unpaired) electrons. The van der Waals surface area contributed by atoms with Gasteiger partial charge in [0.25, 0.3) is 5.78 Å². The SMILES string of the molecule is O=C(Cc1ccc(-c2nc3nccc(N4CCOCC4)n3n2)cc1)Cc1cc(-c2cccnc2)n[nH]1. The van der Waals surface area contributed by atoms with E-state index in [0.717, 1.165) is 47.0 Å². The van der Waals surface area contributed by atoms with Gasteiger partial charge >= 0.3 is 0 Å². The van der Waals surface area contributed by atoms with E-state index in [-0.39, 0.29) is 5.78 Å². The maximum atomic E-state index is 12.7. The van der Waals surface area contributed by atoms with Gasteiger partial charge in [-0.25, -0.2) is 4.98 Å². The Morgan fingerprint density at radius 3 is 2.67 bits per heavy atom. The second kappa shape index (κ2) is 9.67. The molecule has 0 atom stereocenters. The van der Waals surface area contributed by atoms with E-state index in [0.29, 0.717) is 37.7 Å². The van der Waals surface area contributed by atoms with Crippen LogP contribution in [-0.4, -0.2) is 66.8 Å². The highest BCUT2D eigenvalue weighted by Gasteiger charge is 2.17. The van der Waals surface area contributed by atoms with Crippen molar-refractivity contribution in [1.82, 2.24) is 34.8 Å². The lowest BCUT2D eigenvalue weighted by Crippen LogP contribution is -2.37. The standard InChI is InChI=1S/C26H24N8O2/c35-22(15-21-16-23(31-30-21)20-2-1-8-27-17-20)14-18-3-5-19(6-4-18)25-29-26-28-9-7-24(34(26)32-25)33-10-12-36-13-11-33/h1-9,16-17H,10-15H2,(H,30,31). The van der Waals surface area contributed by atoms with Crippen LogP contribution in [0.25, 0.3) is 28.4 Å². The second-order valence-electron chi connectivity index (χ2n) is 8.66. The van der Waals surface area contributed by atoms with Gasteiger partial charge in [0.1, 0.15) is 11.6 Å². The van der Waals surface area contributed by atoms with Crippen molar-refractivity contribution in [3.05, 3.63) is 78.4 Å². The Morgan fingerprint density at radius 1 is 1.00 bits per heavy atom. The number of hydrogen-bond donors (Lipinski definition) is 1.